The summed E-state index contributed by atoms with van der Waals surface area (Å²) in [7, 11) is 0. The standard InChI is InChI=1S/C16H23ClN2O/c1-13(2)12-18-6-8-19(9-7-18)16(20)15-5-3-4-14(10-15)11-17/h3-5,10,13H,6-9,11-12H2,1-2H3. The highest BCUT2D eigenvalue weighted by atomic mass is 35.5. The van der Waals surface area contributed by atoms with Crippen molar-refractivity contribution in [2.75, 3.05) is 32.7 Å². The van der Waals surface area contributed by atoms with Gasteiger partial charge in [0, 0.05) is 44.2 Å². The molecule has 1 fully saturated rings. The average molecular weight is 295 g/mol. The molecule has 0 radical (unpaired) electrons. The second-order valence-electron chi connectivity index (χ2n) is 5.82. The van der Waals surface area contributed by atoms with Crippen LogP contribution in [0.4, 0.5) is 0 Å². The van der Waals surface area contributed by atoms with Gasteiger partial charge in [0.15, 0.2) is 0 Å². The normalized spacial score (nSPS) is 16.7. The van der Waals surface area contributed by atoms with E-state index in [1.165, 1.54) is 0 Å². The zero-order valence-corrected chi connectivity index (χ0v) is 13.1. The fraction of sp³-hybridized carbons (Fsp3) is 0.562. The van der Waals surface area contributed by atoms with Gasteiger partial charge in [0.25, 0.3) is 5.91 Å². The van der Waals surface area contributed by atoms with Crippen LogP contribution in [0.3, 0.4) is 0 Å². The summed E-state index contributed by atoms with van der Waals surface area (Å²) in [4.78, 5) is 16.8. The van der Waals surface area contributed by atoms with Gasteiger partial charge in [-0.05, 0) is 23.6 Å². The van der Waals surface area contributed by atoms with Crippen molar-refractivity contribution in [1.29, 1.82) is 0 Å². The van der Waals surface area contributed by atoms with Crippen LogP contribution < -0.4 is 0 Å². The summed E-state index contributed by atoms with van der Waals surface area (Å²) in [5.74, 6) is 1.25. The maximum absolute atomic E-state index is 12.5. The number of alkyl halides is 1. The molecule has 4 heteroatoms. The van der Waals surface area contributed by atoms with Crippen LogP contribution in [0.5, 0.6) is 0 Å². The highest BCUT2D eigenvalue weighted by Gasteiger charge is 2.22. The molecule has 0 unspecified atom stereocenters. The number of rotatable bonds is 4. The van der Waals surface area contributed by atoms with E-state index in [-0.39, 0.29) is 5.91 Å². The molecular weight excluding hydrogens is 272 g/mol. The summed E-state index contributed by atoms with van der Waals surface area (Å²) < 4.78 is 0. The SMILES string of the molecule is CC(C)CN1CCN(C(=O)c2cccc(CCl)c2)CC1. The van der Waals surface area contributed by atoms with E-state index in [1.807, 2.05) is 29.2 Å². The summed E-state index contributed by atoms with van der Waals surface area (Å²) in [6.07, 6.45) is 0. The van der Waals surface area contributed by atoms with Crippen molar-refractivity contribution < 1.29 is 4.79 Å². The minimum absolute atomic E-state index is 0.126. The van der Waals surface area contributed by atoms with E-state index >= 15 is 0 Å². The van der Waals surface area contributed by atoms with Gasteiger partial charge in [-0.25, -0.2) is 0 Å². The van der Waals surface area contributed by atoms with E-state index in [1.54, 1.807) is 0 Å². The minimum Gasteiger partial charge on any atom is -0.336 e. The van der Waals surface area contributed by atoms with E-state index in [0.717, 1.165) is 43.9 Å². The molecule has 1 amide bonds. The molecule has 1 heterocycles. The second kappa shape index (κ2) is 7.09. The summed E-state index contributed by atoms with van der Waals surface area (Å²) in [6.45, 7) is 9.15. The number of nitrogens with zero attached hydrogens (tertiary/aromatic N) is 2. The lowest BCUT2D eigenvalue weighted by molar-refractivity contribution is 0.0623. The Bertz CT molecular complexity index is 454. The Kier molecular flexibility index (Phi) is 5.44. The molecular formula is C16H23ClN2O. The molecule has 2 rings (SSSR count). The Labute approximate surface area is 126 Å². The van der Waals surface area contributed by atoms with Gasteiger partial charge in [-0.3, -0.25) is 9.69 Å². The molecule has 0 N–H and O–H groups in total. The molecule has 1 aliphatic rings. The molecule has 3 nitrogen and oxygen atoms in total. The zero-order chi connectivity index (χ0) is 14.5. The van der Waals surface area contributed by atoms with E-state index in [9.17, 15) is 4.79 Å². The fourth-order valence-electron chi connectivity index (χ4n) is 2.62. The third kappa shape index (κ3) is 3.97. The quantitative estimate of drug-likeness (QED) is 0.797. The van der Waals surface area contributed by atoms with Crippen LogP contribution in [-0.4, -0.2) is 48.4 Å². The van der Waals surface area contributed by atoms with Crippen LogP contribution in [0, 0.1) is 5.92 Å². The first-order valence-corrected chi connectivity index (χ1v) is 7.80. The Hall–Kier alpha value is -1.06. The fourth-order valence-corrected chi connectivity index (χ4v) is 2.79. The molecule has 1 saturated heterocycles. The first-order valence-electron chi connectivity index (χ1n) is 7.26. The van der Waals surface area contributed by atoms with Crippen molar-refractivity contribution in [3.05, 3.63) is 35.4 Å². The molecule has 1 aliphatic heterocycles. The summed E-state index contributed by atoms with van der Waals surface area (Å²) in [5.41, 5.74) is 1.75. The van der Waals surface area contributed by atoms with E-state index in [0.29, 0.717) is 11.8 Å². The topological polar surface area (TPSA) is 23.6 Å². The Morgan fingerprint density at radius 3 is 2.55 bits per heavy atom. The second-order valence-corrected chi connectivity index (χ2v) is 6.09. The Morgan fingerprint density at radius 1 is 1.25 bits per heavy atom. The number of piperazine rings is 1. The molecule has 0 atom stereocenters. The van der Waals surface area contributed by atoms with Crippen molar-refractivity contribution in [3.8, 4) is 0 Å². The average Bonchev–Trinajstić information content (AvgIpc) is 2.47. The smallest absolute Gasteiger partial charge is 0.253 e. The zero-order valence-electron chi connectivity index (χ0n) is 12.3. The lowest BCUT2D eigenvalue weighted by Gasteiger charge is -2.35. The molecule has 0 bridgehead atoms. The van der Waals surface area contributed by atoms with E-state index < -0.39 is 0 Å². The number of carbonyl (C=O) groups excluding carboxylic acids is 1. The molecule has 0 aliphatic carbocycles. The van der Waals surface area contributed by atoms with Crippen molar-refractivity contribution in [2.45, 2.75) is 19.7 Å². The predicted molar refractivity (Wildman–Crippen MR) is 83.2 cm³/mol. The van der Waals surface area contributed by atoms with Crippen molar-refractivity contribution >= 4 is 17.5 Å². The molecule has 0 saturated carbocycles. The number of benzene rings is 1. The number of amides is 1. The van der Waals surface area contributed by atoms with Gasteiger partial charge >= 0.3 is 0 Å². The molecule has 0 spiro atoms. The third-order valence-corrected chi connectivity index (χ3v) is 3.92. The van der Waals surface area contributed by atoms with Crippen LogP contribution >= 0.6 is 11.6 Å². The number of hydrogen-bond acceptors (Lipinski definition) is 2. The molecule has 0 aromatic heterocycles. The van der Waals surface area contributed by atoms with Gasteiger partial charge in [-0.15, -0.1) is 11.6 Å². The first kappa shape index (κ1) is 15.3. The highest BCUT2D eigenvalue weighted by molar-refractivity contribution is 6.17. The van der Waals surface area contributed by atoms with Crippen LogP contribution in [0.15, 0.2) is 24.3 Å². The monoisotopic (exact) mass is 294 g/mol. The molecule has 110 valence electrons. The van der Waals surface area contributed by atoms with Gasteiger partial charge in [-0.1, -0.05) is 26.0 Å². The highest BCUT2D eigenvalue weighted by Crippen LogP contribution is 2.13. The predicted octanol–water partition coefficient (Wildman–Crippen LogP) is 2.84. The maximum Gasteiger partial charge on any atom is 0.253 e. The number of hydrogen-bond donors (Lipinski definition) is 0. The largest absolute Gasteiger partial charge is 0.336 e. The van der Waals surface area contributed by atoms with E-state index in [4.69, 9.17) is 11.6 Å². The molecule has 1 aromatic rings. The summed E-state index contributed by atoms with van der Waals surface area (Å²) in [5, 5.41) is 0. The maximum atomic E-state index is 12.5. The van der Waals surface area contributed by atoms with Crippen LogP contribution in [0.2, 0.25) is 0 Å². The van der Waals surface area contributed by atoms with Gasteiger partial charge < -0.3 is 4.90 Å². The van der Waals surface area contributed by atoms with Crippen molar-refractivity contribution in [3.63, 3.8) is 0 Å². The van der Waals surface area contributed by atoms with Gasteiger partial charge in [0.2, 0.25) is 0 Å². The van der Waals surface area contributed by atoms with Crippen molar-refractivity contribution in [2.24, 2.45) is 5.92 Å². The van der Waals surface area contributed by atoms with Gasteiger partial charge in [0.05, 0.1) is 0 Å². The Morgan fingerprint density at radius 2 is 1.95 bits per heavy atom. The molecule has 20 heavy (non-hydrogen) atoms. The lowest BCUT2D eigenvalue weighted by Crippen LogP contribution is -2.49. The summed E-state index contributed by atoms with van der Waals surface area (Å²) >= 11 is 5.83. The minimum atomic E-state index is 0.126. The number of halogens is 1. The van der Waals surface area contributed by atoms with Crippen LogP contribution in [0.1, 0.15) is 29.8 Å². The first-order chi connectivity index (χ1) is 9.60. The van der Waals surface area contributed by atoms with E-state index in [2.05, 4.69) is 18.7 Å². The van der Waals surface area contributed by atoms with Gasteiger partial charge in [0.1, 0.15) is 0 Å². The van der Waals surface area contributed by atoms with Crippen molar-refractivity contribution in [1.82, 2.24) is 9.80 Å². The Balaban J connectivity index is 1.94. The molecule has 1 aromatic carbocycles. The number of carbonyl (C=O) groups is 1. The van der Waals surface area contributed by atoms with Crippen LogP contribution in [0.25, 0.3) is 0 Å². The third-order valence-electron chi connectivity index (χ3n) is 3.61. The van der Waals surface area contributed by atoms with Crippen LogP contribution in [-0.2, 0) is 5.88 Å². The van der Waals surface area contributed by atoms with Gasteiger partial charge in [-0.2, -0.15) is 0 Å². The summed E-state index contributed by atoms with van der Waals surface area (Å²) in [6, 6.07) is 7.62. The lowest BCUT2D eigenvalue weighted by atomic mass is 10.1.